The number of amides is 2. The Hall–Kier alpha value is -3.86. The molecule has 30 heavy (non-hydrogen) atoms. The van der Waals surface area contributed by atoms with Gasteiger partial charge in [-0.2, -0.15) is 0 Å². The van der Waals surface area contributed by atoms with E-state index in [1.807, 2.05) is 60.7 Å². The highest BCUT2D eigenvalue weighted by Crippen LogP contribution is 2.17. The fraction of sp³-hybridized carbons (Fsp3) is 0.120. The van der Waals surface area contributed by atoms with Crippen LogP contribution in [0.4, 0.5) is 5.69 Å². The predicted octanol–water partition coefficient (Wildman–Crippen LogP) is 4.42. The first-order valence-electron chi connectivity index (χ1n) is 9.71. The Morgan fingerprint density at radius 1 is 0.900 bits per heavy atom. The van der Waals surface area contributed by atoms with Crippen molar-refractivity contribution in [2.45, 2.75) is 19.6 Å². The lowest BCUT2D eigenvalue weighted by Crippen LogP contribution is -2.40. The molecule has 3 aromatic rings. The van der Waals surface area contributed by atoms with Gasteiger partial charge < -0.3 is 15.4 Å². The molecule has 0 aromatic heterocycles. The molecule has 152 valence electrons. The van der Waals surface area contributed by atoms with Gasteiger partial charge in [0.25, 0.3) is 0 Å². The zero-order chi connectivity index (χ0) is 21.2. The van der Waals surface area contributed by atoms with Crippen LogP contribution in [0, 0.1) is 0 Å². The third kappa shape index (κ3) is 6.63. The average Bonchev–Trinajstić information content (AvgIpc) is 2.78. The average molecular weight is 400 g/mol. The maximum absolute atomic E-state index is 12.3. The number of benzene rings is 3. The van der Waals surface area contributed by atoms with Gasteiger partial charge in [0.2, 0.25) is 11.8 Å². The molecule has 0 heterocycles. The van der Waals surface area contributed by atoms with Gasteiger partial charge in [-0.15, -0.1) is 0 Å². The van der Waals surface area contributed by atoms with Gasteiger partial charge >= 0.3 is 0 Å². The predicted molar refractivity (Wildman–Crippen MR) is 119 cm³/mol. The summed E-state index contributed by atoms with van der Waals surface area (Å²) in [6.45, 7) is 2.12. The topological polar surface area (TPSA) is 67.4 Å². The van der Waals surface area contributed by atoms with Gasteiger partial charge in [0.05, 0.1) is 0 Å². The number of carbonyl (C=O) groups is 2. The summed E-state index contributed by atoms with van der Waals surface area (Å²) in [4.78, 5) is 24.4. The van der Waals surface area contributed by atoms with Crippen LogP contribution in [0.15, 0.2) is 91.0 Å². The molecule has 2 amide bonds. The van der Waals surface area contributed by atoms with Crippen molar-refractivity contribution in [3.63, 3.8) is 0 Å². The fourth-order valence-electron chi connectivity index (χ4n) is 2.69. The molecule has 0 aliphatic rings. The Labute approximate surface area is 176 Å². The second-order valence-electron chi connectivity index (χ2n) is 6.76. The molecule has 0 saturated heterocycles. The molecule has 2 N–H and O–H groups in total. The van der Waals surface area contributed by atoms with Crippen LogP contribution >= 0.6 is 0 Å². The van der Waals surface area contributed by atoms with Gasteiger partial charge in [0.15, 0.2) is 0 Å². The maximum Gasteiger partial charge on any atom is 0.246 e. The van der Waals surface area contributed by atoms with Crippen molar-refractivity contribution in [3.8, 4) is 5.75 Å². The van der Waals surface area contributed by atoms with E-state index in [1.54, 1.807) is 37.3 Å². The molecule has 5 nitrogen and oxygen atoms in total. The number of carbonyl (C=O) groups excluding carboxylic acids is 2. The van der Waals surface area contributed by atoms with Gasteiger partial charge in [-0.25, -0.2) is 0 Å². The van der Waals surface area contributed by atoms with Crippen LogP contribution in [-0.4, -0.2) is 17.9 Å². The van der Waals surface area contributed by atoms with Crippen molar-refractivity contribution in [3.05, 3.63) is 102 Å². The van der Waals surface area contributed by atoms with Gasteiger partial charge in [-0.1, -0.05) is 60.7 Å². The van der Waals surface area contributed by atoms with Gasteiger partial charge in [0, 0.05) is 11.8 Å². The molecule has 0 spiro atoms. The number of nitrogens with one attached hydrogen (secondary N) is 2. The Balaban J connectivity index is 1.46. The van der Waals surface area contributed by atoms with Crippen LogP contribution in [-0.2, 0) is 16.2 Å². The highest BCUT2D eigenvalue weighted by Gasteiger charge is 2.14. The summed E-state index contributed by atoms with van der Waals surface area (Å²) in [6.07, 6.45) is 3.12. The number of rotatable bonds is 8. The zero-order valence-corrected chi connectivity index (χ0v) is 16.7. The minimum absolute atomic E-state index is 0.297. The molecular weight excluding hydrogens is 376 g/mol. The molecule has 0 unspecified atom stereocenters. The standard InChI is InChI=1S/C25H24N2O3/c1-19(26-24(28)17-12-20-8-4-2-5-9-20)25(29)27-22-13-15-23(16-14-22)30-18-21-10-6-3-7-11-21/h2-17,19H,18H2,1H3,(H,26,28)(H,27,29)/b17-12+/t19-/m0/s1. The van der Waals surface area contributed by atoms with Gasteiger partial charge in [0.1, 0.15) is 18.4 Å². The molecule has 3 aromatic carbocycles. The lowest BCUT2D eigenvalue weighted by molar-refractivity contribution is -0.123. The van der Waals surface area contributed by atoms with Crippen LogP contribution in [0.1, 0.15) is 18.1 Å². The molecule has 0 aliphatic heterocycles. The van der Waals surface area contributed by atoms with Crippen LogP contribution in [0.5, 0.6) is 5.75 Å². The largest absolute Gasteiger partial charge is 0.489 e. The highest BCUT2D eigenvalue weighted by molar-refractivity contribution is 5.99. The molecule has 5 heteroatoms. The molecule has 1 atom stereocenters. The summed E-state index contributed by atoms with van der Waals surface area (Å²) in [6, 6.07) is 25.8. The van der Waals surface area contributed by atoms with Crippen molar-refractivity contribution >= 4 is 23.6 Å². The monoisotopic (exact) mass is 400 g/mol. The molecule has 0 saturated carbocycles. The number of hydrogen-bond donors (Lipinski definition) is 2. The van der Waals surface area contributed by atoms with Gasteiger partial charge in [-0.3, -0.25) is 9.59 Å². The first kappa shape index (κ1) is 20.9. The quantitative estimate of drug-likeness (QED) is 0.550. The van der Waals surface area contributed by atoms with Crippen LogP contribution in [0.2, 0.25) is 0 Å². The summed E-state index contributed by atoms with van der Waals surface area (Å²) in [5.41, 5.74) is 2.63. The van der Waals surface area contributed by atoms with E-state index in [9.17, 15) is 9.59 Å². The molecule has 0 aliphatic carbocycles. The second kappa shape index (κ2) is 10.6. The zero-order valence-electron chi connectivity index (χ0n) is 16.7. The van der Waals surface area contributed by atoms with E-state index in [1.165, 1.54) is 6.08 Å². The van der Waals surface area contributed by atoms with Crippen LogP contribution in [0.25, 0.3) is 6.08 Å². The van der Waals surface area contributed by atoms with Crippen LogP contribution in [0.3, 0.4) is 0 Å². The lowest BCUT2D eigenvalue weighted by Gasteiger charge is -2.13. The van der Waals surface area contributed by atoms with Gasteiger partial charge in [-0.05, 0) is 48.4 Å². The Bertz CT molecular complexity index is 984. The lowest BCUT2D eigenvalue weighted by atomic mass is 10.2. The first-order valence-corrected chi connectivity index (χ1v) is 9.71. The Morgan fingerprint density at radius 2 is 1.53 bits per heavy atom. The fourth-order valence-corrected chi connectivity index (χ4v) is 2.69. The number of anilines is 1. The SMILES string of the molecule is C[C@H](NC(=O)/C=C/c1ccccc1)C(=O)Nc1ccc(OCc2ccccc2)cc1. The highest BCUT2D eigenvalue weighted by atomic mass is 16.5. The van der Waals surface area contributed by atoms with Crippen molar-refractivity contribution < 1.29 is 14.3 Å². The van der Waals surface area contributed by atoms with E-state index in [2.05, 4.69) is 10.6 Å². The Kier molecular flexibility index (Phi) is 7.39. The van der Waals surface area contributed by atoms with Crippen LogP contribution < -0.4 is 15.4 Å². The van der Waals surface area contributed by atoms with E-state index < -0.39 is 6.04 Å². The van der Waals surface area contributed by atoms with Crippen molar-refractivity contribution in [2.24, 2.45) is 0 Å². The molecule has 0 bridgehead atoms. The number of hydrogen-bond acceptors (Lipinski definition) is 3. The Morgan fingerprint density at radius 3 is 2.20 bits per heavy atom. The first-order chi connectivity index (χ1) is 14.6. The summed E-state index contributed by atoms with van der Waals surface area (Å²) in [5.74, 6) is 0.0878. The summed E-state index contributed by atoms with van der Waals surface area (Å²) < 4.78 is 5.74. The smallest absolute Gasteiger partial charge is 0.246 e. The third-order valence-electron chi connectivity index (χ3n) is 4.35. The van der Waals surface area contributed by atoms with Crippen molar-refractivity contribution in [1.29, 1.82) is 0 Å². The normalized spacial score (nSPS) is 11.6. The third-order valence-corrected chi connectivity index (χ3v) is 4.35. The summed E-state index contributed by atoms with van der Waals surface area (Å²) in [7, 11) is 0. The molecular formula is C25H24N2O3. The van der Waals surface area contributed by atoms with E-state index in [4.69, 9.17) is 4.74 Å². The summed E-state index contributed by atoms with van der Waals surface area (Å²) in [5, 5.41) is 5.45. The number of ether oxygens (including phenoxy) is 1. The van der Waals surface area contributed by atoms with E-state index in [-0.39, 0.29) is 11.8 Å². The van der Waals surface area contributed by atoms with Crippen molar-refractivity contribution in [2.75, 3.05) is 5.32 Å². The molecule has 0 fully saturated rings. The van der Waals surface area contributed by atoms with Crippen molar-refractivity contribution in [1.82, 2.24) is 5.32 Å². The maximum atomic E-state index is 12.3. The molecule has 0 radical (unpaired) electrons. The summed E-state index contributed by atoms with van der Waals surface area (Å²) >= 11 is 0. The van der Waals surface area contributed by atoms with E-state index >= 15 is 0 Å². The van der Waals surface area contributed by atoms with E-state index in [0.29, 0.717) is 18.0 Å². The molecule has 3 rings (SSSR count). The minimum atomic E-state index is -0.674. The second-order valence-corrected chi connectivity index (χ2v) is 6.76. The minimum Gasteiger partial charge on any atom is -0.489 e. The van der Waals surface area contributed by atoms with E-state index in [0.717, 1.165) is 11.1 Å².